The second kappa shape index (κ2) is 15.4. The van der Waals surface area contributed by atoms with Gasteiger partial charge in [0.05, 0.1) is 11.4 Å². The number of hydrogen-bond donors (Lipinski definition) is 3. The molecule has 0 amide bonds. The average molecular weight is 669 g/mol. The van der Waals surface area contributed by atoms with Crippen molar-refractivity contribution in [1.82, 2.24) is 30.4 Å². The van der Waals surface area contributed by atoms with Gasteiger partial charge in [0, 0.05) is 39.4 Å². The molecule has 7 rings (SSSR count). The van der Waals surface area contributed by atoms with Gasteiger partial charge in [0.25, 0.3) is 0 Å². The lowest BCUT2D eigenvalue weighted by Crippen LogP contribution is -2.20. The van der Waals surface area contributed by atoms with E-state index in [0.29, 0.717) is 11.6 Å². The third kappa shape index (κ3) is 7.68. The second-order valence-corrected chi connectivity index (χ2v) is 14.1. The van der Waals surface area contributed by atoms with E-state index in [1.807, 2.05) is 25.3 Å². The van der Waals surface area contributed by atoms with Crippen molar-refractivity contribution in [2.45, 2.75) is 71.1 Å². The first-order valence-corrected chi connectivity index (χ1v) is 18.4. The van der Waals surface area contributed by atoms with Crippen molar-refractivity contribution in [2.24, 2.45) is 5.92 Å². The predicted octanol–water partition coefficient (Wildman–Crippen LogP) is 10.5. The SMILES string of the molecule is C=C/C(=C\C(=C/C)c1cnc2n[nH]c(-c3cc4c(-c5cc(F)cc(CCCN6CCCC6)c5)cccc4[nH]3)c2c1)NC(=C)CC1CCCCC1. The van der Waals surface area contributed by atoms with E-state index >= 15 is 0 Å². The summed E-state index contributed by atoms with van der Waals surface area (Å²) in [6, 6.07) is 15.9. The number of halogens is 1. The summed E-state index contributed by atoms with van der Waals surface area (Å²) in [5.41, 5.74) is 10.3. The third-order valence-electron chi connectivity index (χ3n) is 10.5. The first kappa shape index (κ1) is 33.7. The maximum atomic E-state index is 15.0. The molecule has 0 radical (unpaired) electrons. The van der Waals surface area contributed by atoms with E-state index in [2.05, 4.69) is 81.0 Å². The van der Waals surface area contributed by atoms with Gasteiger partial charge in [0.15, 0.2) is 5.65 Å². The van der Waals surface area contributed by atoms with E-state index in [4.69, 9.17) is 4.98 Å². The molecule has 258 valence electrons. The molecular weight excluding hydrogens is 620 g/mol. The number of fused-ring (bicyclic) bond motifs is 2. The van der Waals surface area contributed by atoms with Gasteiger partial charge in [-0.25, -0.2) is 9.37 Å². The first-order valence-electron chi connectivity index (χ1n) is 18.4. The fraction of sp³-hybridized carbons (Fsp3) is 0.349. The summed E-state index contributed by atoms with van der Waals surface area (Å²) in [5.74, 6) is 0.519. The van der Waals surface area contributed by atoms with Crippen LogP contribution >= 0.6 is 0 Å². The van der Waals surface area contributed by atoms with Gasteiger partial charge in [-0.2, -0.15) is 5.10 Å². The van der Waals surface area contributed by atoms with Crippen molar-refractivity contribution in [2.75, 3.05) is 19.6 Å². The Bertz CT molecular complexity index is 2050. The summed E-state index contributed by atoms with van der Waals surface area (Å²) in [7, 11) is 0. The molecule has 6 nitrogen and oxygen atoms in total. The average Bonchev–Trinajstić information content (AvgIpc) is 3.90. The molecule has 2 aliphatic rings. The molecule has 2 fully saturated rings. The second-order valence-electron chi connectivity index (χ2n) is 14.1. The van der Waals surface area contributed by atoms with Crippen LogP contribution in [0.15, 0.2) is 97.5 Å². The van der Waals surface area contributed by atoms with Crippen molar-refractivity contribution < 1.29 is 4.39 Å². The van der Waals surface area contributed by atoms with E-state index in [1.165, 1.54) is 58.0 Å². The fourth-order valence-electron chi connectivity index (χ4n) is 7.91. The Balaban J connectivity index is 1.14. The minimum atomic E-state index is -0.193. The van der Waals surface area contributed by atoms with Crippen molar-refractivity contribution in [3.05, 3.63) is 114 Å². The lowest BCUT2D eigenvalue weighted by Gasteiger charge is -2.23. The van der Waals surface area contributed by atoms with E-state index in [0.717, 1.165) is 92.7 Å². The monoisotopic (exact) mass is 668 g/mol. The van der Waals surface area contributed by atoms with Crippen LogP contribution in [0.4, 0.5) is 4.39 Å². The van der Waals surface area contributed by atoms with Gasteiger partial charge in [0.2, 0.25) is 0 Å². The molecule has 0 atom stereocenters. The van der Waals surface area contributed by atoms with Crippen molar-refractivity contribution in [3.8, 4) is 22.5 Å². The molecule has 0 unspecified atom stereocenters. The molecule has 1 aliphatic carbocycles. The molecule has 1 aliphatic heterocycles. The zero-order valence-corrected chi connectivity index (χ0v) is 29.3. The molecule has 7 heteroatoms. The molecule has 2 aromatic carbocycles. The number of likely N-dealkylation sites (tertiary alicyclic amines) is 1. The highest BCUT2D eigenvalue weighted by molar-refractivity contribution is 6.01. The number of nitrogens with one attached hydrogen (secondary N) is 3. The number of nitrogens with zero attached hydrogens (tertiary/aromatic N) is 3. The Morgan fingerprint density at radius 2 is 1.88 bits per heavy atom. The van der Waals surface area contributed by atoms with Gasteiger partial charge in [-0.05, 0) is 129 Å². The summed E-state index contributed by atoms with van der Waals surface area (Å²) < 4.78 is 15.0. The van der Waals surface area contributed by atoms with Gasteiger partial charge in [-0.1, -0.05) is 69.5 Å². The lowest BCUT2D eigenvalue weighted by molar-refractivity contribution is 0.334. The number of hydrogen-bond acceptors (Lipinski definition) is 4. The zero-order valence-electron chi connectivity index (χ0n) is 29.3. The van der Waals surface area contributed by atoms with Crippen LogP contribution in [0.25, 0.3) is 50.0 Å². The van der Waals surface area contributed by atoms with Crippen LogP contribution in [0.1, 0.15) is 75.8 Å². The normalized spacial score (nSPS) is 16.4. The zero-order chi connectivity index (χ0) is 34.5. The standard InChI is InChI=1S/C43H49FN6/c1-4-32(25-36(5-2)46-29(3)21-30-13-7-6-8-14-30)34-26-39-42(48-49-43(39)45-28-34)41-27-38-37(16-11-17-40(38)47-41)33-22-31(23-35(44)24-33)15-12-20-50-18-9-10-19-50/h4-5,11,16-17,22-28,30,46-47H,2-3,6-10,12-15,18-21H2,1H3,(H,45,48,49)/b32-4+,36-25+. The minimum absolute atomic E-state index is 0.193. The minimum Gasteiger partial charge on any atom is -0.359 e. The van der Waals surface area contributed by atoms with Crippen molar-refractivity contribution in [3.63, 3.8) is 0 Å². The Morgan fingerprint density at radius 3 is 2.68 bits per heavy atom. The maximum Gasteiger partial charge on any atom is 0.181 e. The molecule has 1 saturated carbocycles. The molecule has 3 N–H and O–H groups in total. The van der Waals surface area contributed by atoms with E-state index in [-0.39, 0.29) is 5.82 Å². The maximum absolute atomic E-state index is 15.0. The van der Waals surface area contributed by atoms with Gasteiger partial charge < -0.3 is 15.2 Å². The number of pyridine rings is 1. The quantitative estimate of drug-likeness (QED) is 0.109. The number of benzene rings is 2. The molecule has 0 bridgehead atoms. The van der Waals surface area contributed by atoms with Gasteiger partial charge >= 0.3 is 0 Å². The molecule has 50 heavy (non-hydrogen) atoms. The summed E-state index contributed by atoms with van der Waals surface area (Å²) in [4.78, 5) is 10.8. The largest absolute Gasteiger partial charge is 0.359 e. The number of allylic oxidation sites excluding steroid dienone is 5. The highest BCUT2D eigenvalue weighted by Gasteiger charge is 2.17. The highest BCUT2D eigenvalue weighted by atomic mass is 19.1. The molecule has 5 aromatic rings. The van der Waals surface area contributed by atoms with Crippen LogP contribution in [0.2, 0.25) is 0 Å². The van der Waals surface area contributed by atoms with E-state index in [9.17, 15) is 4.39 Å². The van der Waals surface area contributed by atoms with Crippen LogP contribution in [0, 0.1) is 11.7 Å². The molecule has 4 heterocycles. The molecular formula is C43H49FN6. The highest BCUT2D eigenvalue weighted by Crippen LogP contribution is 2.35. The molecule has 0 spiro atoms. The van der Waals surface area contributed by atoms with Crippen LogP contribution in [0.5, 0.6) is 0 Å². The summed E-state index contributed by atoms with van der Waals surface area (Å²) >= 11 is 0. The van der Waals surface area contributed by atoms with Crippen LogP contribution in [0.3, 0.4) is 0 Å². The van der Waals surface area contributed by atoms with Crippen molar-refractivity contribution in [1.29, 1.82) is 0 Å². The third-order valence-corrected chi connectivity index (χ3v) is 10.5. The van der Waals surface area contributed by atoms with Gasteiger partial charge in [-0.3, -0.25) is 5.10 Å². The summed E-state index contributed by atoms with van der Waals surface area (Å²) in [5, 5.41) is 13.2. The Kier molecular flexibility index (Phi) is 10.4. The lowest BCUT2D eigenvalue weighted by atomic mass is 9.86. The van der Waals surface area contributed by atoms with E-state index < -0.39 is 0 Å². The number of aromatic nitrogens is 4. The number of rotatable bonds is 13. The smallest absolute Gasteiger partial charge is 0.181 e. The van der Waals surface area contributed by atoms with Crippen LogP contribution in [-0.2, 0) is 6.42 Å². The number of aromatic amines is 2. The number of aryl methyl sites for hydroxylation is 1. The Labute approximate surface area is 295 Å². The summed E-state index contributed by atoms with van der Waals surface area (Å²) in [6.45, 7) is 13.9. The predicted molar refractivity (Wildman–Crippen MR) is 206 cm³/mol. The van der Waals surface area contributed by atoms with Gasteiger partial charge in [-0.15, -0.1) is 0 Å². The summed E-state index contributed by atoms with van der Waals surface area (Å²) in [6.07, 6.45) is 20.0. The van der Waals surface area contributed by atoms with E-state index in [1.54, 1.807) is 12.1 Å². The Hall–Kier alpha value is -4.75. The molecule has 3 aromatic heterocycles. The topological polar surface area (TPSA) is 72.6 Å². The van der Waals surface area contributed by atoms with Crippen LogP contribution in [-0.4, -0.2) is 44.7 Å². The molecule has 1 saturated heterocycles. The Morgan fingerprint density at radius 1 is 1.04 bits per heavy atom. The number of H-pyrrole nitrogens is 2. The fourth-order valence-corrected chi connectivity index (χ4v) is 7.91. The van der Waals surface area contributed by atoms with Gasteiger partial charge in [0.1, 0.15) is 5.82 Å². The first-order chi connectivity index (χ1) is 24.5. The van der Waals surface area contributed by atoms with Crippen LogP contribution < -0.4 is 5.32 Å². The van der Waals surface area contributed by atoms with Crippen molar-refractivity contribution >= 4 is 27.5 Å².